The molecule has 1 heterocycles. The molecule has 0 amide bonds. The smallest absolute Gasteiger partial charge is 0.149 e. The largest absolute Gasteiger partial charge is 0.335 e. The topological polar surface area (TPSA) is 29.9 Å². The van der Waals surface area contributed by atoms with Crippen molar-refractivity contribution in [2.45, 2.75) is 20.3 Å². The van der Waals surface area contributed by atoms with Gasteiger partial charge < -0.3 is 5.32 Å². The molecule has 0 aliphatic rings. The Labute approximate surface area is 154 Å². The normalized spacial score (nSPS) is 11.0. The summed E-state index contributed by atoms with van der Waals surface area (Å²) in [5.41, 5.74) is 1.95. The van der Waals surface area contributed by atoms with E-state index in [-0.39, 0.29) is 10.7 Å². The lowest BCUT2D eigenvalue weighted by molar-refractivity contribution is 0.586. The van der Waals surface area contributed by atoms with Crippen molar-refractivity contribution in [3.05, 3.63) is 64.1 Å². The monoisotopic (exact) mass is 379 g/mol. The van der Waals surface area contributed by atoms with E-state index in [9.17, 15) is 13.2 Å². The summed E-state index contributed by atoms with van der Waals surface area (Å²) in [6.07, 6.45) is 0.523. The Morgan fingerprint density at radius 1 is 1.12 bits per heavy atom. The predicted octanol–water partition coefficient (Wildman–Crippen LogP) is 5.77. The minimum atomic E-state index is -0.697. The molecule has 0 radical (unpaired) electrons. The Morgan fingerprint density at radius 2 is 1.77 bits per heavy atom. The van der Waals surface area contributed by atoms with Crippen molar-refractivity contribution in [3.63, 3.8) is 0 Å². The molecule has 0 atom stereocenters. The first kappa shape index (κ1) is 18.3. The van der Waals surface area contributed by atoms with Crippen molar-refractivity contribution in [1.82, 2.24) is 9.78 Å². The predicted molar refractivity (Wildman–Crippen MR) is 97.4 cm³/mol. The van der Waals surface area contributed by atoms with E-state index in [1.807, 2.05) is 6.92 Å². The maximum atomic E-state index is 14.4. The SMILES string of the molecule is CCc1cc(F)c(Nc2c(-c3ccc(F)cc3Cl)c(C)nn2C)c(F)c1. The van der Waals surface area contributed by atoms with Gasteiger partial charge in [0.2, 0.25) is 0 Å². The summed E-state index contributed by atoms with van der Waals surface area (Å²) in [6, 6.07) is 6.55. The molecule has 0 aliphatic heterocycles. The third kappa shape index (κ3) is 3.29. The van der Waals surface area contributed by atoms with Gasteiger partial charge in [-0.1, -0.05) is 18.5 Å². The second-order valence-corrected chi connectivity index (χ2v) is 6.38. The third-order valence-electron chi connectivity index (χ3n) is 4.18. The average molecular weight is 380 g/mol. The quantitative estimate of drug-likeness (QED) is 0.623. The van der Waals surface area contributed by atoms with Crippen LogP contribution in [0.5, 0.6) is 0 Å². The number of nitrogens with zero attached hydrogens (tertiary/aromatic N) is 2. The van der Waals surface area contributed by atoms with Crippen LogP contribution < -0.4 is 5.32 Å². The van der Waals surface area contributed by atoms with Gasteiger partial charge in [0.05, 0.1) is 10.7 Å². The molecular formula is C19H17ClF3N3. The summed E-state index contributed by atoms with van der Waals surface area (Å²) in [7, 11) is 1.65. The third-order valence-corrected chi connectivity index (χ3v) is 4.49. The zero-order valence-electron chi connectivity index (χ0n) is 14.5. The van der Waals surface area contributed by atoms with Crippen LogP contribution in [0.4, 0.5) is 24.7 Å². The maximum Gasteiger partial charge on any atom is 0.149 e. The van der Waals surface area contributed by atoms with Crippen molar-refractivity contribution in [2.75, 3.05) is 5.32 Å². The summed E-state index contributed by atoms with van der Waals surface area (Å²) in [6.45, 7) is 3.56. The molecule has 3 aromatic rings. The molecular weight excluding hydrogens is 363 g/mol. The molecule has 26 heavy (non-hydrogen) atoms. The van der Waals surface area contributed by atoms with Crippen LogP contribution in [0.1, 0.15) is 18.2 Å². The minimum absolute atomic E-state index is 0.187. The van der Waals surface area contributed by atoms with Gasteiger partial charge in [-0.3, -0.25) is 4.68 Å². The van der Waals surface area contributed by atoms with Crippen molar-refractivity contribution in [2.24, 2.45) is 7.05 Å². The Bertz CT molecular complexity index is 959. The van der Waals surface area contributed by atoms with Crippen LogP contribution in [0, 0.1) is 24.4 Å². The number of anilines is 2. The van der Waals surface area contributed by atoms with E-state index in [0.29, 0.717) is 34.6 Å². The molecule has 3 rings (SSSR count). The van der Waals surface area contributed by atoms with E-state index in [2.05, 4.69) is 10.4 Å². The van der Waals surface area contributed by atoms with Crippen LogP contribution in [-0.2, 0) is 13.5 Å². The van der Waals surface area contributed by atoms with Gasteiger partial charge in [-0.25, -0.2) is 13.2 Å². The van der Waals surface area contributed by atoms with Gasteiger partial charge in [0.1, 0.15) is 29.0 Å². The zero-order chi connectivity index (χ0) is 19.0. The first-order chi connectivity index (χ1) is 12.3. The van der Waals surface area contributed by atoms with Crippen LogP contribution in [0.25, 0.3) is 11.1 Å². The molecule has 7 heteroatoms. The van der Waals surface area contributed by atoms with Crippen LogP contribution >= 0.6 is 11.6 Å². The van der Waals surface area contributed by atoms with Gasteiger partial charge in [-0.05, 0) is 49.2 Å². The Kier molecular flexibility index (Phi) is 4.96. The Morgan fingerprint density at radius 3 is 2.35 bits per heavy atom. The van der Waals surface area contributed by atoms with Crippen molar-refractivity contribution >= 4 is 23.1 Å². The highest BCUT2D eigenvalue weighted by Gasteiger charge is 2.21. The van der Waals surface area contributed by atoms with Gasteiger partial charge in [-0.15, -0.1) is 0 Å². The molecule has 0 aliphatic carbocycles. The number of halogens is 4. The highest BCUT2D eigenvalue weighted by atomic mass is 35.5. The lowest BCUT2D eigenvalue weighted by Crippen LogP contribution is -2.05. The van der Waals surface area contributed by atoms with Crippen molar-refractivity contribution in [3.8, 4) is 11.1 Å². The van der Waals surface area contributed by atoms with E-state index in [1.54, 1.807) is 14.0 Å². The Balaban J connectivity index is 2.13. The zero-order valence-corrected chi connectivity index (χ0v) is 15.3. The van der Waals surface area contributed by atoms with Crippen LogP contribution in [0.3, 0.4) is 0 Å². The number of aromatic nitrogens is 2. The highest BCUT2D eigenvalue weighted by molar-refractivity contribution is 6.33. The molecule has 1 N–H and O–H groups in total. The molecule has 0 spiro atoms. The summed E-state index contributed by atoms with van der Waals surface area (Å²) in [5, 5.41) is 7.27. The fraction of sp³-hybridized carbons (Fsp3) is 0.211. The van der Waals surface area contributed by atoms with Gasteiger partial charge in [0, 0.05) is 18.2 Å². The van der Waals surface area contributed by atoms with Gasteiger partial charge >= 0.3 is 0 Å². The number of aryl methyl sites for hydroxylation is 3. The molecule has 2 aromatic carbocycles. The average Bonchev–Trinajstić information content (AvgIpc) is 2.84. The second-order valence-electron chi connectivity index (χ2n) is 5.97. The first-order valence-corrected chi connectivity index (χ1v) is 8.43. The highest BCUT2D eigenvalue weighted by Crippen LogP contribution is 2.38. The molecule has 0 saturated carbocycles. The van der Waals surface area contributed by atoms with Crippen LogP contribution in [0.15, 0.2) is 30.3 Å². The maximum absolute atomic E-state index is 14.4. The summed E-state index contributed by atoms with van der Waals surface area (Å²) >= 11 is 6.17. The molecule has 0 fully saturated rings. The van der Waals surface area contributed by atoms with Gasteiger partial charge in [-0.2, -0.15) is 5.10 Å². The lowest BCUT2D eigenvalue weighted by Gasteiger charge is -2.13. The van der Waals surface area contributed by atoms with Crippen molar-refractivity contribution in [1.29, 1.82) is 0 Å². The molecule has 0 unspecified atom stereocenters. The van der Waals surface area contributed by atoms with E-state index in [0.717, 1.165) is 0 Å². The molecule has 0 saturated heterocycles. The summed E-state index contributed by atoms with van der Waals surface area (Å²) in [4.78, 5) is 0. The molecule has 136 valence electrons. The second kappa shape index (κ2) is 7.03. The number of nitrogens with one attached hydrogen (secondary N) is 1. The van der Waals surface area contributed by atoms with Crippen LogP contribution in [-0.4, -0.2) is 9.78 Å². The number of benzene rings is 2. The standard InChI is InChI=1S/C19H17ClF3N3/c1-4-11-7-15(22)18(16(23)8-11)24-19-17(10(2)25-26(19)3)13-6-5-12(21)9-14(13)20/h5-9,24H,4H2,1-3H3. The first-order valence-electron chi connectivity index (χ1n) is 8.05. The van der Waals surface area contributed by atoms with Crippen molar-refractivity contribution < 1.29 is 13.2 Å². The van der Waals surface area contributed by atoms with Crippen LogP contribution in [0.2, 0.25) is 5.02 Å². The fourth-order valence-electron chi connectivity index (χ4n) is 2.88. The van der Waals surface area contributed by atoms with Gasteiger partial charge in [0.25, 0.3) is 0 Å². The molecule has 1 aromatic heterocycles. The van der Waals surface area contributed by atoms with E-state index < -0.39 is 17.5 Å². The summed E-state index contributed by atoms with van der Waals surface area (Å²) < 4.78 is 43.6. The fourth-order valence-corrected chi connectivity index (χ4v) is 3.15. The van der Waals surface area contributed by atoms with Gasteiger partial charge in [0.15, 0.2) is 0 Å². The van der Waals surface area contributed by atoms with E-state index in [4.69, 9.17) is 11.6 Å². The summed E-state index contributed by atoms with van der Waals surface area (Å²) in [5.74, 6) is -1.51. The molecule has 3 nitrogen and oxygen atoms in total. The number of hydrogen-bond donors (Lipinski definition) is 1. The molecule has 0 bridgehead atoms. The number of rotatable bonds is 4. The number of hydrogen-bond acceptors (Lipinski definition) is 2. The van der Waals surface area contributed by atoms with E-state index in [1.165, 1.54) is 35.0 Å². The minimum Gasteiger partial charge on any atom is -0.335 e. The van der Waals surface area contributed by atoms with E-state index >= 15 is 0 Å². The lowest BCUT2D eigenvalue weighted by atomic mass is 10.1. The Hall–Kier alpha value is -2.47.